The van der Waals surface area contributed by atoms with Gasteiger partial charge in [-0.05, 0) is 75.2 Å². The number of rotatable bonds is 17. The fourth-order valence-corrected chi connectivity index (χ4v) is 3.45. The number of ether oxygens (including phenoxy) is 4. The van der Waals surface area contributed by atoms with Gasteiger partial charge in [0.1, 0.15) is 11.5 Å². The normalized spacial score (nSPS) is 10.5. The van der Waals surface area contributed by atoms with Gasteiger partial charge in [-0.25, -0.2) is 9.59 Å². The van der Waals surface area contributed by atoms with Gasteiger partial charge < -0.3 is 18.9 Å². The molecule has 0 atom stereocenters. The topological polar surface area (TPSA) is 71.1 Å². The van der Waals surface area contributed by atoms with Crippen molar-refractivity contribution in [2.75, 3.05) is 26.4 Å². The first-order chi connectivity index (χ1) is 16.6. The molecule has 0 aromatic heterocycles. The lowest BCUT2D eigenvalue weighted by molar-refractivity contribution is 0.0516. The van der Waals surface area contributed by atoms with Crippen molar-refractivity contribution in [1.82, 2.24) is 0 Å². The molecule has 0 aliphatic carbocycles. The van der Waals surface area contributed by atoms with E-state index in [1.54, 1.807) is 38.1 Å². The van der Waals surface area contributed by atoms with E-state index in [1.807, 2.05) is 24.3 Å². The molecular weight excluding hydrogens is 432 g/mol. The van der Waals surface area contributed by atoms with Crippen molar-refractivity contribution in [3.63, 3.8) is 0 Å². The highest BCUT2D eigenvalue weighted by Gasteiger charge is 2.06. The number of carbonyl (C=O) groups excluding carboxylic acids is 2. The number of benzene rings is 2. The van der Waals surface area contributed by atoms with E-state index in [0.717, 1.165) is 37.2 Å². The molecule has 0 bridgehead atoms. The van der Waals surface area contributed by atoms with E-state index in [1.165, 1.54) is 25.7 Å². The summed E-state index contributed by atoms with van der Waals surface area (Å²) in [5.74, 6) is 0.961. The Labute approximate surface area is 203 Å². The lowest BCUT2D eigenvalue weighted by Crippen LogP contribution is -2.04. The maximum absolute atomic E-state index is 11.6. The molecule has 2 rings (SSSR count). The SMILES string of the molecule is CCOC(=O)c1ccc(OCCCCCCCCCCOc2ccc(C(=O)OCC)cc2)cc1. The fourth-order valence-electron chi connectivity index (χ4n) is 3.45. The molecule has 2 aromatic rings. The Bertz CT molecular complexity index is 757. The van der Waals surface area contributed by atoms with Crippen molar-refractivity contribution >= 4 is 11.9 Å². The summed E-state index contributed by atoms with van der Waals surface area (Å²) in [4.78, 5) is 23.3. The molecule has 0 heterocycles. The second-order valence-electron chi connectivity index (χ2n) is 8.02. The predicted octanol–water partition coefficient (Wildman–Crippen LogP) is 6.62. The van der Waals surface area contributed by atoms with Gasteiger partial charge in [-0.1, -0.05) is 38.5 Å². The second-order valence-corrected chi connectivity index (χ2v) is 8.02. The molecule has 6 heteroatoms. The first kappa shape index (κ1) is 27.2. The highest BCUT2D eigenvalue weighted by atomic mass is 16.5. The zero-order chi connectivity index (χ0) is 24.4. The molecule has 0 spiro atoms. The summed E-state index contributed by atoms with van der Waals surface area (Å²) in [5.41, 5.74) is 1.09. The quantitative estimate of drug-likeness (QED) is 0.191. The molecule has 0 aliphatic heterocycles. The zero-order valence-corrected chi connectivity index (χ0v) is 20.6. The van der Waals surface area contributed by atoms with Gasteiger partial charge in [-0.2, -0.15) is 0 Å². The lowest BCUT2D eigenvalue weighted by Gasteiger charge is -2.08. The summed E-state index contributed by atoms with van der Waals surface area (Å²) in [6.07, 6.45) is 9.29. The number of hydrogen-bond acceptors (Lipinski definition) is 6. The van der Waals surface area contributed by atoms with Crippen molar-refractivity contribution in [1.29, 1.82) is 0 Å². The van der Waals surface area contributed by atoms with Crippen molar-refractivity contribution in [2.45, 2.75) is 65.2 Å². The molecule has 0 radical (unpaired) electrons. The van der Waals surface area contributed by atoms with Gasteiger partial charge in [0.15, 0.2) is 0 Å². The Balaban J connectivity index is 1.42. The van der Waals surface area contributed by atoms with Crippen LogP contribution in [0.3, 0.4) is 0 Å². The lowest BCUT2D eigenvalue weighted by atomic mass is 10.1. The van der Waals surface area contributed by atoms with E-state index in [2.05, 4.69) is 0 Å². The zero-order valence-electron chi connectivity index (χ0n) is 20.6. The fraction of sp³-hybridized carbons (Fsp3) is 0.500. The van der Waals surface area contributed by atoms with E-state index in [0.29, 0.717) is 37.6 Å². The average molecular weight is 471 g/mol. The van der Waals surface area contributed by atoms with Gasteiger partial charge in [0.2, 0.25) is 0 Å². The van der Waals surface area contributed by atoms with Crippen LogP contribution in [0.15, 0.2) is 48.5 Å². The van der Waals surface area contributed by atoms with Crippen LogP contribution in [0.2, 0.25) is 0 Å². The molecule has 2 aromatic carbocycles. The summed E-state index contributed by atoms with van der Waals surface area (Å²) in [6.45, 7) is 5.73. The minimum absolute atomic E-state index is 0.302. The molecule has 0 amide bonds. The van der Waals surface area contributed by atoms with E-state index >= 15 is 0 Å². The van der Waals surface area contributed by atoms with Gasteiger partial charge in [-0.3, -0.25) is 0 Å². The van der Waals surface area contributed by atoms with Crippen molar-refractivity contribution < 1.29 is 28.5 Å². The highest BCUT2D eigenvalue weighted by molar-refractivity contribution is 5.89. The molecule has 0 unspecified atom stereocenters. The minimum Gasteiger partial charge on any atom is -0.494 e. The molecule has 0 saturated carbocycles. The van der Waals surface area contributed by atoms with Crippen LogP contribution in [0.5, 0.6) is 11.5 Å². The number of esters is 2. The first-order valence-electron chi connectivity index (χ1n) is 12.4. The summed E-state index contributed by atoms with van der Waals surface area (Å²) < 4.78 is 21.5. The summed E-state index contributed by atoms with van der Waals surface area (Å²) in [5, 5.41) is 0. The van der Waals surface area contributed by atoms with Crippen molar-refractivity contribution in [2.24, 2.45) is 0 Å². The van der Waals surface area contributed by atoms with E-state index in [-0.39, 0.29) is 11.9 Å². The maximum atomic E-state index is 11.6. The number of unbranched alkanes of at least 4 members (excludes halogenated alkanes) is 7. The minimum atomic E-state index is -0.302. The Morgan fingerprint density at radius 2 is 0.853 bits per heavy atom. The van der Waals surface area contributed by atoms with Crippen molar-refractivity contribution in [3.05, 3.63) is 59.7 Å². The molecule has 0 fully saturated rings. The van der Waals surface area contributed by atoms with Crippen LogP contribution in [-0.2, 0) is 9.47 Å². The molecule has 0 aliphatic rings. The van der Waals surface area contributed by atoms with Crippen LogP contribution >= 0.6 is 0 Å². The van der Waals surface area contributed by atoms with Gasteiger partial charge in [0.05, 0.1) is 37.6 Å². The van der Waals surface area contributed by atoms with Gasteiger partial charge in [0, 0.05) is 0 Å². The summed E-state index contributed by atoms with van der Waals surface area (Å²) >= 11 is 0. The maximum Gasteiger partial charge on any atom is 0.338 e. The van der Waals surface area contributed by atoms with Crippen LogP contribution in [0, 0.1) is 0 Å². The third-order valence-corrected chi connectivity index (χ3v) is 5.31. The smallest absolute Gasteiger partial charge is 0.338 e. The monoisotopic (exact) mass is 470 g/mol. The Kier molecular flexibility index (Phi) is 13.3. The van der Waals surface area contributed by atoms with Crippen LogP contribution in [0.1, 0.15) is 85.9 Å². The third-order valence-electron chi connectivity index (χ3n) is 5.31. The largest absolute Gasteiger partial charge is 0.494 e. The van der Waals surface area contributed by atoms with E-state index < -0.39 is 0 Å². The number of hydrogen-bond donors (Lipinski definition) is 0. The first-order valence-corrected chi connectivity index (χ1v) is 12.4. The Morgan fingerprint density at radius 3 is 1.18 bits per heavy atom. The predicted molar refractivity (Wildman–Crippen MR) is 133 cm³/mol. The van der Waals surface area contributed by atoms with Crippen LogP contribution in [-0.4, -0.2) is 38.4 Å². The highest BCUT2D eigenvalue weighted by Crippen LogP contribution is 2.16. The molecule has 34 heavy (non-hydrogen) atoms. The van der Waals surface area contributed by atoms with Crippen LogP contribution in [0.4, 0.5) is 0 Å². The average Bonchev–Trinajstić information content (AvgIpc) is 2.85. The van der Waals surface area contributed by atoms with Crippen molar-refractivity contribution in [3.8, 4) is 11.5 Å². The Hall–Kier alpha value is -3.02. The van der Waals surface area contributed by atoms with Gasteiger partial charge >= 0.3 is 11.9 Å². The number of carbonyl (C=O) groups is 2. The summed E-state index contributed by atoms with van der Waals surface area (Å²) in [7, 11) is 0. The third kappa shape index (κ3) is 10.7. The molecule has 186 valence electrons. The van der Waals surface area contributed by atoms with E-state index in [9.17, 15) is 9.59 Å². The molecule has 0 saturated heterocycles. The second kappa shape index (κ2) is 16.6. The molecular formula is C28H38O6. The summed E-state index contributed by atoms with van der Waals surface area (Å²) in [6, 6.07) is 14.2. The Morgan fingerprint density at radius 1 is 0.529 bits per heavy atom. The van der Waals surface area contributed by atoms with E-state index in [4.69, 9.17) is 18.9 Å². The molecule has 6 nitrogen and oxygen atoms in total. The van der Waals surface area contributed by atoms with Crippen LogP contribution < -0.4 is 9.47 Å². The van der Waals surface area contributed by atoms with Gasteiger partial charge in [-0.15, -0.1) is 0 Å². The van der Waals surface area contributed by atoms with Gasteiger partial charge in [0.25, 0.3) is 0 Å². The standard InChI is InChI=1S/C28H38O6/c1-3-31-27(29)23-13-17-25(18-14-23)33-21-11-9-7-5-6-8-10-12-22-34-26-19-15-24(16-20-26)28(30)32-4-2/h13-20H,3-12,21-22H2,1-2H3. The molecule has 0 N–H and O–H groups in total. The van der Waals surface area contributed by atoms with Crippen LogP contribution in [0.25, 0.3) is 0 Å².